The highest BCUT2D eigenvalue weighted by molar-refractivity contribution is 6.05. The molecule has 1 aromatic rings. The van der Waals surface area contributed by atoms with E-state index in [-0.39, 0.29) is 25.4 Å². The van der Waals surface area contributed by atoms with Gasteiger partial charge in [0.1, 0.15) is 11.2 Å². The number of carbonyl (C=O) groups is 3. The maximum Gasteiger partial charge on any atom is 0.308 e. The zero-order valence-corrected chi connectivity index (χ0v) is 13.0. The molecule has 0 saturated carbocycles. The Balaban J connectivity index is 2.78. The van der Waals surface area contributed by atoms with Gasteiger partial charge in [-0.05, 0) is 31.5 Å². The molecule has 0 atom stereocenters. The minimum atomic E-state index is -1.20. The van der Waals surface area contributed by atoms with E-state index in [9.17, 15) is 14.4 Å². The lowest BCUT2D eigenvalue weighted by atomic mass is 9.84. The van der Waals surface area contributed by atoms with Crippen molar-refractivity contribution in [1.82, 2.24) is 5.32 Å². The normalized spacial score (nSPS) is 10.9. The minimum Gasteiger partial charge on any atom is -0.427 e. The van der Waals surface area contributed by atoms with Gasteiger partial charge in [0.05, 0.1) is 6.61 Å². The summed E-state index contributed by atoms with van der Waals surface area (Å²) in [6.45, 7) is 4.31. The number of hydrogen-bond donors (Lipinski definition) is 2. The number of ketones is 1. The Bertz CT molecular complexity index is 565. The molecule has 6 heteroatoms. The number of Topliss-reactive ketones (excluding diaryl/α,β-unsaturated/α-hetero) is 1. The van der Waals surface area contributed by atoms with Gasteiger partial charge in [-0.15, -0.1) is 0 Å². The van der Waals surface area contributed by atoms with Gasteiger partial charge in [0.2, 0.25) is 5.91 Å². The molecule has 0 aromatic heterocycles. The zero-order valence-electron chi connectivity index (χ0n) is 13.0. The summed E-state index contributed by atoms with van der Waals surface area (Å²) in [6, 6.07) is 6.63. The minimum absolute atomic E-state index is 0.0502. The Morgan fingerprint density at radius 3 is 2.55 bits per heavy atom. The van der Waals surface area contributed by atoms with Crippen molar-refractivity contribution >= 4 is 17.7 Å². The molecule has 0 heterocycles. The van der Waals surface area contributed by atoms with E-state index in [2.05, 4.69) is 5.32 Å². The van der Waals surface area contributed by atoms with Crippen molar-refractivity contribution in [1.29, 1.82) is 0 Å². The molecule has 0 aliphatic rings. The highest BCUT2D eigenvalue weighted by Crippen LogP contribution is 2.21. The van der Waals surface area contributed by atoms with Crippen molar-refractivity contribution < 1.29 is 24.2 Å². The van der Waals surface area contributed by atoms with E-state index in [0.29, 0.717) is 11.3 Å². The van der Waals surface area contributed by atoms with Crippen LogP contribution in [0.3, 0.4) is 0 Å². The number of rotatable bonds is 7. The molecule has 2 N–H and O–H groups in total. The van der Waals surface area contributed by atoms with Crippen LogP contribution in [0.5, 0.6) is 5.75 Å². The van der Waals surface area contributed by atoms with Crippen molar-refractivity contribution in [3.8, 4) is 5.75 Å². The fraction of sp³-hybridized carbons (Fsp3) is 0.438. The summed E-state index contributed by atoms with van der Waals surface area (Å²) >= 11 is 0. The van der Waals surface area contributed by atoms with Crippen LogP contribution in [0.4, 0.5) is 0 Å². The van der Waals surface area contributed by atoms with Crippen LogP contribution >= 0.6 is 0 Å². The molecule has 0 radical (unpaired) electrons. The summed E-state index contributed by atoms with van der Waals surface area (Å²) in [5.41, 5.74) is -0.543. The summed E-state index contributed by atoms with van der Waals surface area (Å²) in [7, 11) is 0. The van der Waals surface area contributed by atoms with Crippen LogP contribution < -0.4 is 10.1 Å². The lowest BCUT2D eigenvalue weighted by Crippen LogP contribution is -2.44. The van der Waals surface area contributed by atoms with E-state index in [1.54, 1.807) is 24.3 Å². The lowest BCUT2D eigenvalue weighted by Gasteiger charge is -2.22. The van der Waals surface area contributed by atoms with E-state index < -0.39 is 17.3 Å². The second-order valence-electron chi connectivity index (χ2n) is 5.45. The summed E-state index contributed by atoms with van der Waals surface area (Å²) < 4.78 is 4.97. The van der Waals surface area contributed by atoms with Gasteiger partial charge >= 0.3 is 5.97 Å². The molecule has 0 spiro atoms. The van der Waals surface area contributed by atoms with Crippen LogP contribution in [0.1, 0.15) is 26.3 Å². The molecule has 120 valence electrons. The maximum absolute atomic E-state index is 12.3. The molecule has 1 rings (SSSR count). The van der Waals surface area contributed by atoms with E-state index in [1.807, 2.05) is 0 Å². The molecule has 6 nitrogen and oxygen atoms in total. The van der Waals surface area contributed by atoms with Gasteiger partial charge in [-0.1, -0.05) is 12.1 Å². The van der Waals surface area contributed by atoms with E-state index >= 15 is 0 Å². The summed E-state index contributed by atoms with van der Waals surface area (Å²) in [6.07, 6.45) is 0.0502. The predicted octanol–water partition coefficient (Wildman–Crippen LogP) is 0.858. The second-order valence-corrected chi connectivity index (χ2v) is 5.45. The van der Waals surface area contributed by atoms with Gasteiger partial charge in [0.15, 0.2) is 5.78 Å². The second kappa shape index (κ2) is 7.70. The number of amides is 1. The van der Waals surface area contributed by atoms with Crippen molar-refractivity contribution in [3.63, 3.8) is 0 Å². The topological polar surface area (TPSA) is 92.7 Å². The lowest BCUT2D eigenvalue weighted by molar-refractivity contribution is -0.139. The summed E-state index contributed by atoms with van der Waals surface area (Å²) in [4.78, 5) is 35.2. The highest BCUT2D eigenvalue weighted by Gasteiger charge is 2.35. The molecule has 0 aliphatic heterocycles. The molecule has 0 unspecified atom stereocenters. The number of benzene rings is 1. The van der Waals surface area contributed by atoms with Crippen LogP contribution in [0, 0.1) is 5.41 Å². The maximum atomic E-state index is 12.3. The van der Waals surface area contributed by atoms with E-state index in [0.717, 1.165) is 0 Å². The summed E-state index contributed by atoms with van der Waals surface area (Å²) in [5, 5.41) is 11.2. The molecular weight excluding hydrogens is 286 g/mol. The average Bonchev–Trinajstić information content (AvgIpc) is 2.44. The smallest absolute Gasteiger partial charge is 0.308 e. The largest absolute Gasteiger partial charge is 0.427 e. The Kier molecular flexibility index (Phi) is 6.24. The molecule has 0 fully saturated rings. The van der Waals surface area contributed by atoms with Crippen molar-refractivity contribution in [2.24, 2.45) is 5.41 Å². The number of esters is 1. The van der Waals surface area contributed by atoms with Crippen molar-refractivity contribution in [2.75, 3.05) is 13.2 Å². The average molecular weight is 307 g/mol. The first kappa shape index (κ1) is 17.8. The van der Waals surface area contributed by atoms with Gasteiger partial charge in [0.25, 0.3) is 0 Å². The van der Waals surface area contributed by atoms with Crippen LogP contribution in [0.15, 0.2) is 24.3 Å². The van der Waals surface area contributed by atoms with Crippen LogP contribution in [-0.2, 0) is 20.8 Å². The number of nitrogens with one attached hydrogen (secondary N) is 1. The third-order valence-electron chi connectivity index (χ3n) is 3.19. The monoisotopic (exact) mass is 307 g/mol. The van der Waals surface area contributed by atoms with Crippen LogP contribution in [0.2, 0.25) is 0 Å². The standard InChI is InChI=1S/C16H21NO5/c1-11(19)22-13-6-4-5-12(9-13)10-14(20)16(2,3)15(21)17-7-8-18/h4-6,9,18H,7-8,10H2,1-3H3,(H,17,21). The molecular formula is C16H21NO5. The van der Waals surface area contributed by atoms with Crippen molar-refractivity contribution in [3.05, 3.63) is 29.8 Å². The quantitative estimate of drug-likeness (QED) is 0.443. The first-order valence-corrected chi connectivity index (χ1v) is 6.97. The molecule has 0 bridgehead atoms. The highest BCUT2D eigenvalue weighted by atomic mass is 16.5. The first-order chi connectivity index (χ1) is 10.3. The summed E-state index contributed by atoms with van der Waals surface area (Å²) in [5.74, 6) is -0.766. The molecule has 22 heavy (non-hydrogen) atoms. The fourth-order valence-electron chi connectivity index (χ4n) is 1.81. The number of hydrogen-bond acceptors (Lipinski definition) is 5. The van der Waals surface area contributed by atoms with Gasteiger partial charge in [-0.2, -0.15) is 0 Å². The first-order valence-electron chi connectivity index (χ1n) is 6.97. The third-order valence-corrected chi connectivity index (χ3v) is 3.19. The zero-order chi connectivity index (χ0) is 16.8. The van der Waals surface area contributed by atoms with Gasteiger partial charge in [-0.3, -0.25) is 14.4 Å². The van der Waals surface area contributed by atoms with Gasteiger partial charge in [0, 0.05) is 19.9 Å². The molecule has 0 aliphatic carbocycles. The fourth-order valence-corrected chi connectivity index (χ4v) is 1.81. The van der Waals surface area contributed by atoms with Gasteiger partial charge in [-0.25, -0.2) is 0 Å². The Morgan fingerprint density at radius 1 is 1.27 bits per heavy atom. The van der Waals surface area contributed by atoms with Crippen LogP contribution in [0.25, 0.3) is 0 Å². The SMILES string of the molecule is CC(=O)Oc1cccc(CC(=O)C(C)(C)C(=O)NCCO)c1. The number of aliphatic hydroxyl groups is 1. The Morgan fingerprint density at radius 2 is 1.95 bits per heavy atom. The van der Waals surface area contributed by atoms with Gasteiger partial charge < -0.3 is 15.2 Å². The third kappa shape index (κ3) is 4.96. The van der Waals surface area contributed by atoms with Crippen LogP contribution in [-0.4, -0.2) is 35.9 Å². The number of aliphatic hydroxyl groups excluding tert-OH is 1. The van der Waals surface area contributed by atoms with Crippen molar-refractivity contribution in [2.45, 2.75) is 27.2 Å². The number of ether oxygens (including phenoxy) is 1. The number of carbonyl (C=O) groups excluding carboxylic acids is 3. The van der Waals surface area contributed by atoms with E-state index in [4.69, 9.17) is 9.84 Å². The van der Waals surface area contributed by atoms with E-state index in [1.165, 1.54) is 20.8 Å². The predicted molar refractivity (Wildman–Crippen MR) is 80.3 cm³/mol. The molecule has 0 saturated heterocycles. The Hall–Kier alpha value is -2.21. The molecule has 1 amide bonds. The molecule has 1 aromatic carbocycles. The Labute approximate surface area is 129 Å².